The summed E-state index contributed by atoms with van der Waals surface area (Å²) >= 11 is 0. The Morgan fingerprint density at radius 3 is 1.67 bits per heavy atom. The van der Waals surface area contributed by atoms with Crippen molar-refractivity contribution in [3.63, 3.8) is 0 Å². The maximum absolute atomic E-state index is 13.3. The Labute approximate surface area is 96.8 Å². The molecule has 2 unspecified atom stereocenters. The number of hydrogen-bond donors (Lipinski definition) is 1. The topological polar surface area (TPSA) is 37.3 Å². The van der Waals surface area contributed by atoms with Crippen LogP contribution in [0.2, 0.25) is 0 Å². The number of carboxylic acid groups (broad SMARTS) is 1. The number of alkyl halides is 7. The molecule has 9 heteroatoms. The second-order valence-corrected chi connectivity index (χ2v) is 4.81. The molecule has 0 aromatic rings. The molecule has 1 rings (SSSR count). The maximum Gasteiger partial charge on any atom is 0.459 e. The van der Waals surface area contributed by atoms with Crippen LogP contribution < -0.4 is 0 Å². The molecule has 0 radical (unpaired) electrons. The van der Waals surface area contributed by atoms with Crippen LogP contribution in [-0.4, -0.2) is 29.1 Å². The Hall–Kier alpha value is -1.02. The first-order valence-electron chi connectivity index (χ1n) is 4.74. The summed E-state index contributed by atoms with van der Waals surface area (Å²) in [7, 11) is 0. The number of halogens is 7. The first-order valence-corrected chi connectivity index (χ1v) is 4.74. The van der Waals surface area contributed by atoms with Crippen molar-refractivity contribution >= 4 is 5.97 Å². The number of carbonyl (C=O) groups is 1. The number of carboxylic acids is 1. The van der Waals surface area contributed by atoms with E-state index in [1.807, 2.05) is 0 Å². The highest BCUT2D eigenvalue weighted by atomic mass is 19.4. The van der Waals surface area contributed by atoms with Crippen LogP contribution in [0.3, 0.4) is 0 Å². The van der Waals surface area contributed by atoms with E-state index in [4.69, 9.17) is 5.11 Å². The molecule has 1 N–H and O–H groups in total. The third kappa shape index (κ3) is 1.74. The molecule has 0 heterocycles. The molecule has 1 aliphatic carbocycles. The molecule has 18 heavy (non-hydrogen) atoms. The smallest absolute Gasteiger partial charge is 0.459 e. The van der Waals surface area contributed by atoms with Crippen LogP contribution in [0.25, 0.3) is 0 Å². The van der Waals surface area contributed by atoms with E-state index in [-0.39, 0.29) is 0 Å². The Morgan fingerprint density at radius 1 is 1.06 bits per heavy atom. The number of hydrogen-bond acceptors (Lipinski definition) is 1. The molecule has 1 fully saturated rings. The van der Waals surface area contributed by atoms with Gasteiger partial charge in [-0.25, -0.2) is 0 Å². The zero-order valence-corrected chi connectivity index (χ0v) is 9.16. The molecule has 0 saturated heterocycles. The highest BCUT2D eigenvalue weighted by molar-refractivity contribution is 5.76. The maximum atomic E-state index is 13.3. The minimum absolute atomic E-state index is 0.914. The van der Waals surface area contributed by atoms with Gasteiger partial charge in [0.15, 0.2) is 0 Å². The molecular weight excluding hydrogens is 273 g/mol. The van der Waals surface area contributed by atoms with E-state index in [0.717, 1.165) is 13.8 Å². The lowest BCUT2D eigenvalue weighted by Gasteiger charge is -2.29. The molecule has 2 nitrogen and oxygen atoms in total. The third-order valence-corrected chi connectivity index (χ3v) is 3.26. The van der Waals surface area contributed by atoms with E-state index in [9.17, 15) is 35.5 Å². The summed E-state index contributed by atoms with van der Waals surface area (Å²) < 4.78 is 87.7. The van der Waals surface area contributed by atoms with Gasteiger partial charge in [0, 0.05) is 5.92 Å². The monoisotopic (exact) mass is 282 g/mol. The average Bonchev–Trinajstić information content (AvgIpc) is 2.67. The van der Waals surface area contributed by atoms with Gasteiger partial charge in [-0.3, -0.25) is 4.79 Å². The van der Waals surface area contributed by atoms with Gasteiger partial charge < -0.3 is 5.11 Å². The van der Waals surface area contributed by atoms with Gasteiger partial charge in [-0.05, 0) is 5.41 Å². The van der Waals surface area contributed by atoms with Crippen molar-refractivity contribution in [2.45, 2.75) is 31.9 Å². The molecule has 0 aromatic heterocycles. The van der Waals surface area contributed by atoms with Crippen LogP contribution in [0.5, 0.6) is 0 Å². The molecule has 1 saturated carbocycles. The number of rotatable bonds is 3. The molecule has 0 bridgehead atoms. The van der Waals surface area contributed by atoms with E-state index in [1.54, 1.807) is 0 Å². The van der Waals surface area contributed by atoms with Crippen LogP contribution >= 0.6 is 0 Å². The van der Waals surface area contributed by atoms with Crippen LogP contribution in [0, 0.1) is 17.3 Å². The van der Waals surface area contributed by atoms with Gasteiger partial charge in [0.05, 0.1) is 5.92 Å². The van der Waals surface area contributed by atoms with E-state index in [0.29, 0.717) is 0 Å². The molecule has 0 amide bonds. The van der Waals surface area contributed by atoms with Crippen molar-refractivity contribution in [3.05, 3.63) is 0 Å². The van der Waals surface area contributed by atoms with Gasteiger partial charge in [-0.2, -0.15) is 30.7 Å². The predicted octanol–water partition coefficient (Wildman–Crippen LogP) is 3.18. The van der Waals surface area contributed by atoms with Crippen molar-refractivity contribution in [2.75, 3.05) is 0 Å². The minimum Gasteiger partial charge on any atom is -0.481 e. The van der Waals surface area contributed by atoms with Crippen LogP contribution in [0.1, 0.15) is 13.8 Å². The lowest BCUT2D eigenvalue weighted by Crippen LogP contribution is -2.54. The molecule has 2 atom stereocenters. The van der Waals surface area contributed by atoms with Crippen LogP contribution in [-0.2, 0) is 4.79 Å². The SMILES string of the molecule is CC1(C)C(C(=O)O)C1C(F)(F)C(F)(F)C(F)(F)F. The largest absolute Gasteiger partial charge is 0.481 e. The Kier molecular flexibility index (Phi) is 2.93. The van der Waals surface area contributed by atoms with E-state index in [1.165, 1.54) is 0 Å². The van der Waals surface area contributed by atoms with Gasteiger partial charge in [-0.1, -0.05) is 13.8 Å². The zero-order valence-electron chi connectivity index (χ0n) is 9.16. The summed E-state index contributed by atoms with van der Waals surface area (Å²) in [6.45, 7) is 1.83. The molecule has 106 valence electrons. The van der Waals surface area contributed by atoms with E-state index in [2.05, 4.69) is 0 Å². The van der Waals surface area contributed by atoms with Gasteiger partial charge in [0.2, 0.25) is 0 Å². The molecular formula is C9H9F7O2. The lowest BCUT2D eigenvalue weighted by atomic mass is 10.00. The van der Waals surface area contributed by atoms with Crippen molar-refractivity contribution < 1.29 is 40.6 Å². The standard InChI is InChI=1S/C9H9F7O2/c1-6(2)3(5(17)18)4(6)7(10,11)8(12,13)9(14,15)16/h3-4H,1-2H3,(H,17,18). The summed E-state index contributed by atoms with van der Waals surface area (Å²) in [6.07, 6.45) is -6.43. The zero-order chi connectivity index (χ0) is 14.7. The fraction of sp³-hybridized carbons (Fsp3) is 0.889. The predicted molar refractivity (Wildman–Crippen MR) is 44.3 cm³/mol. The average molecular weight is 282 g/mol. The Balaban J connectivity index is 3.14. The quantitative estimate of drug-likeness (QED) is 0.807. The second kappa shape index (κ2) is 3.51. The Morgan fingerprint density at radius 2 is 1.44 bits per heavy atom. The van der Waals surface area contributed by atoms with Crippen molar-refractivity contribution in [1.29, 1.82) is 0 Å². The normalized spacial score (nSPS) is 28.1. The fourth-order valence-corrected chi connectivity index (χ4v) is 2.16. The first kappa shape index (κ1) is 15.0. The molecule has 1 aliphatic rings. The van der Waals surface area contributed by atoms with Gasteiger partial charge in [0.1, 0.15) is 0 Å². The first-order chi connectivity index (χ1) is 7.69. The molecule has 0 spiro atoms. The van der Waals surface area contributed by atoms with E-state index >= 15 is 0 Å². The summed E-state index contributed by atoms with van der Waals surface area (Å²) in [5.74, 6) is -18.0. The van der Waals surface area contributed by atoms with E-state index < -0.39 is 41.2 Å². The summed E-state index contributed by atoms with van der Waals surface area (Å²) in [4.78, 5) is 10.6. The number of aliphatic carboxylic acids is 1. The van der Waals surface area contributed by atoms with Gasteiger partial charge in [0.25, 0.3) is 0 Å². The lowest BCUT2D eigenvalue weighted by molar-refractivity contribution is -0.361. The highest BCUT2D eigenvalue weighted by Crippen LogP contribution is 2.68. The van der Waals surface area contributed by atoms with Gasteiger partial charge in [-0.15, -0.1) is 0 Å². The van der Waals surface area contributed by atoms with Crippen molar-refractivity contribution in [2.24, 2.45) is 17.3 Å². The molecule has 0 aromatic carbocycles. The van der Waals surface area contributed by atoms with Crippen LogP contribution in [0.4, 0.5) is 30.7 Å². The van der Waals surface area contributed by atoms with Crippen molar-refractivity contribution in [1.82, 2.24) is 0 Å². The summed E-state index contributed by atoms with van der Waals surface area (Å²) in [5.41, 5.74) is -1.82. The summed E-state index contributed by atoms with van der Waals surface area (Å²) in [6, 6.07) is 0. The van der Waals surface area contributed by atoms with Crippen LogP contribution in [0.15, 0.2) is 0 Å². The highest BCUT2D eigenvalue weighted by Gasteiger charge is 2.84. The van der Waals surface area contributed by atoms with Crippen molar-refractivity contribution in [3.8, 4) is 0 Å². The fourth-order valence-electron chi connectivity index (χ4n) is 2.16. The minimum atomic E-state index is -6.43. The molecule has 0 aliphatic heterocycles. The second-order valence-electron chi connectivity index (χ2n) is 4.81. The third-order valence-electron chi connectivity index (χ3n) is 3.26. The summed E-state index contributed by atoms with van der Waals surface area (Å²) in [5, 5.41) is 8.53. The Bertz CT molecular complexity index is 372. The van der Waals surface area contributed by atoms with Gasteiger partial charge >= 0.3 is 24.0 Å².